The van der Waals surface area contributed by atoms with Crippen LogP contribution in [0.2, 0.25) is 0 Å². The van der Waals surface area contributed by atoms with Gasteiger partial charge in [0, 0.05) is 5.56 Å². The van der Waals surface area contributed by atoms with E-state index >= 15 is 0 Å². The maximum Gasteiger partial charge on any atom is 0.279 e. The molecule has 0 atom stereocenters. The van der Waals surface area contributed by atoms with Gasteiger partial charge in [0.05, 0.1) is 24.9 Å². The van der Waals surface area contributed by atoms with Crippen LogP contribution in [0.1, 0.15) is 5.56 Å². The summed E-state index contributed by atoms with van der Waals surface area (Å²) >= 11 is 3.41. The van der Waals surface area contributed by atoms with Crippen LogP contribution in [0.3, 0.4) is 0 Å². The fourth-order valence-electron chi connectivity index (χ4n) is 2.26. The van der Waals surface area contributed by atoms with Crippen LogP contribution >= 0.6 is 15.9 Å². The highest BCUT2D eigenvalue weighted by atomic mass is 79.9. The molecule has 0 bridgehead atoms. The number of halogens is 1. The SMILES string of the molecule is COc1ccc(-c2nnc(N/N=C/c3ccc(OC)c(Br)c3)[nH]c2=O)cc1. The summed E-state index contributed by atoms with van der Waals surface area (Å²) in [5.41, 5.74) is 3.97. The second-order valence-electron chi connectivity index (χ2n) is 5.34. The van der Waals surface area contributed by atoms with Crippen LogP contribution in [0.4, 0.5) is 5.95 Å². The van der Waals surface area contributed by atoms with Gasteiger partial charge in [-0.15, -0.1) is 10.2 Å². The van der Waals surface area contributed by atoms with Gasteiger partial charge in [-0.05, 0) is 64.0 Å². The van der Waals surface area contributed by atoms with Crippen LogP contribution in [0.5, 0.6) is 11.5 Å². The van der Waals surface area contributed by atoms with E-state index < -0.39 is 0 Å². The third-order valence-corrected chi connectivity index (χ3v) is 4.24. The molecule has 0 saturated heterocycles. The van der Waals surface area contributed by atoms with Gasteiger partial charge in [-0.3, -0.25) is 9.78 Å². The van der Waals surface area contributed by atoms with Gasteiger partial charge in [-0.2, -0.15) is 5.10 Å². The number of anilines is 1. The van der Waals surface area contributed by atoms with Gasteiger partial charge in [0.2, 0.25) is 5.95 Å². The van der Waals surface area contributed by atoms with Crippen LogP contribution in [-0.4, -0.2) is 35.6 Å². The maximum atomic E-state index is 12.2. The number of nitrogens with zero attached hydrogens (tertiary/aromatic N) is 3. The van der Waals surface area contributed by atoms with Crippen molar-refractivity contribution in [1.82, 2.24) is 15.2 Å². The van der Waals surface area contributed by atoms with Crippen LogP contribution in [-0.2, 0) is 0 Å². The number of hydrogen-bond acceptors (Lipinski definition) is 7. The minimum atomic E-state index is -0.375. The van der Waals surface area contributed by atoms with Crippen molar-refractivity contribution in [1.29, 1.82) is 0 Å². The topological polar surface area (TPSA) is 101 Å². The summed E-state index contributed by atoms with van der Waals surface area (Å²) in [6.07, 6.45) is 1.58. The van der Waals surface area contributed by atoms with Gasteiger partial charge in [-0.1, -0.05) is 0 Å². The van der Waals surface area contributed by atoms with Crippen molar-refractivity contribution < 1.29 is 9.47 Å². The molecule has 0 amide bonds. The van der Waals surface area contributed by atoms with Gasteiger partial charge in [0.1, 0.15) is 11.5 Å². The first-order chi connectivity index (χ1) is 13.1. The molecule has 27 heavy (non-hydrogen) atoms. The van der Waals surface area contributed by atoms with E-state index in [1.54, 1.807) is 44.7 Å². The number of hydrazone groups is 1. The number of nitrogens with one attached hydrogen (secondary N) is 2. The lowest BCUT2D eigenvalue weighted by Crippen LogP contribution is -2.15. The highest BCUT2D eigenvalue weighted by Gasteiger charge is 2.07. The van der Waals surface area contributed by atoms with Crippen molar-refractivity contribution in [2.45, 2.75) is 0 Å². The predicted molar refractivity (Wildman–Crippen MR) is 107 cm³/mol. The number of aromatic nitrogens is 3. The van der Waals surface area contributed by atoms with E-state index in [0.29, 0.717) is 11.3 Å². The molecule has 1 aromatic heterocycles. The summed E-state index contributed by atoms with van der Waals surface area (Å²) < 4.78 is 11.1. The number of benzene rings is 2. The quantitative estimate of drug-likeness (QED) is 0.461. The van der Waals surface area contributed by atoms with E-state index in [2.05, 4.69) is 41.6 Å². The molecule has 138 valence electrons. The molecule has 0 aliphatic carbocycles. The van der Waals surface area contributed by atoms with Crippen molar-refractivity contribution >= 4 is 28.1 Å². The molecule has 0 fully saturated rings. The second-order valence-corrected chi connectivity index (χ2v) is 6.20. The van der Waals surface area contributed by atoms with E-state index in [1.807, 2.05) is 18.2 Å². The highest BCUT2D eigenvalue weighted by Crippen LogP contribution is 2.24. The largest absolute Gasteiger partial charge is 0.497 e. The molecule has 0 unspecified atom stereocenters. The molecule has 0 radical (unpaired) electrons. The molecule has 0 aliphatic rings. The molecule has 1 heterocycles. The minimum Gasteiger partial charge on any atom is -0.497 e. The standard InChI is InChI=1S/C18H16BrN5O3/c1-26-13-6-4-12(5-7-13)16-17(25)21-18(24-22-16)23-20-10-11-3-8-15(27-2)14(19)9-11/h3-10H,1-2H3,(H2,21,23,24,25)/b20-10+. The lowest BCUT2D eigenvalue weighted by atomic mass is 10.1. The average Bonchev–Trinajstić information content (AvgIpc) is 2.68. The molecule has 0 aliphatic heterocycles. The highest BCUT2D eigenvalue weighted by molar-refractivity contribution is 9.10. The first kappa shape index (κ1) is 18.6. The Hall–Kier alpha value is -3.20. The van der Waals surface area contributed by atoms with Gasteiger partial charge in [-0.25, -0.2) is 5.43 Å². The summed E-state index contributed by atoms with van der Waals surface area (Å²) in [7, 11) is 3.17. The lowest BCUT2D eigenvalue weighted by Gasteiger charge is -2.04. The zero-order chi connectivity index (χ0) is 19.2. The molecular weight excluding hydrogens is 414 g/mol. The van der Waals surface area contributed by atoms with E-state index in [4.69, 9.17) is 9.47 Å². The minimum absolute atomic E-state index is 0.140. The second kappa shape index (κ2) is 8.45. The van der Waals surface area contributed by atoms with Gasteiger partial charge in [0.15, 0.2) is 5.69 Å². The molecule has 2 aromatic carbocycles. The fourth-order valence-corrected chi connectivity index (χ4v) is 2.81. The molecule has 0 saturated carbocycles. The Morgan fingerprint density at radius 2 is 1.89 bits per heavy atom. The number of methoxy groups -OCH3 is 2. The van der Waals surface area contributed by atoms with E-state index in [0.717, 1.165) is 15.8 Å². The Balaban J connectivity index is 1.72. The number of hydrogen-bond donors (Lipinski definition) is 2. The monoisotopic (exact) mass is 429 g/mol. The molecule has 2 N–H and O–H groups in total. The summed E-state index contributed by atoms with van der Waals surface area (Å²) in [6.45, 7) is 0. The Morgan fingerprint density at radius 3 is 2.52 bits per heavy atom. The summed E-state index contributed by atoms with van der Waals surface area (Å²) in [6, 6.07) is 12.5. The zero-order valence-electron chi connectivity index (χ0n) is 14.6. The number of H-pyrrole nitrogens is 1. The zero-order valence-corrected chi connectivity index (χ0v) is 16.1. The van der Waals surface area contributed by atoms with Crippen molar-refractivity contribution in [3.8, 4) is 22.8 Å². The average molecular weight is 430 g/mol. The Kier molecular flexibility index (Phi) is 5.82. The molecule has 3 rings (SSSR count). The molecule has 0 spiro atoms. The molecular formula is C18H16BrN5O3. The lowest BCUT2D eigenvalue weighted by molar-refractivity contribution is 0.412. The Morgan fingerprint density at radius 1 is 1.11 bits per heavy atom. The molecule has 9 heteroatoms. The van der Waals surface area contributed by atoms with Gasteiger partial charge < -0.3 is 9.47 Å². The van der Waals surface area contributed by atoms with Crippen molar-refractivity contribution in [3.05, 3.63) is 62.9 Å². The van der Waals surface area contributed by atoms with Crippen LogP contribution < -0.4 is 20.5 Å². The van der Waals surface area contributed by atoms with Crippen molar-refractivity contribution in [2.24, 2.45) is 5.10 Å². The third-order valence-electron chi connectivity index (χ3n) is 3.62. The summed E-state index contributed by atoms with van der Waals surface area (Å²) in [5, 5.41) is 12.0. The van der Waals surface area contributed by atoms with Crippen LogP contribution in [0, 0.1) is 0 Å². The Labute approximate surface area is 163 Å². The van der Waals surface area contributed by atoms with Crippen LogP contribution in [0.15, 0.2) is 56.8 Å². The van der Waals surface area contributed by atoms with Crippen LogP contribution in [0.25, 0.3) is 11.3 Å². The van der Waals surface area contributed by atoms with Gasteiger partial charge in [0.25, 0.3) is 5.56 Å². The predicted octanol–water partition coefficient (Wildman–Crippen LogP) is 3.06. The van der Waals surface area contributed by atoms with Gasteiger partial charge >= 0.3 is 0 Å². The molecule has 8 nitrogen and oxygen atoms in total. The van der Waals surface area contributed by atoms with Crippen molar-refractivity contribution in [2.75, 3.05) is 19.6 Å². The number of rotatable bonds is 6. The summed E-state index contributed by atoms with van der Waals surface area (Å²) in [5.74, 6) is 1.56. The first-order valence-corrected chi connectivity index (χ1v) is 8.64. The Bertz CT molecular complexity index is 1020. The first-order valence-electron chi connectivity index (χ1n) is 7.84. The van der Waals surface area contributed by atoms with E-state index in [9.17, 15) is 4.79 Å². The molecule has 3 aromatic rings. The maximum absolute atomic E-state index is 12.2. The third kappa shape index (κ3) is 4.50. The summed E-state index contributed by atoms with van der Waals surface area (Å²) in [4.78, 5) is 14.8. The van der Waals surface area contributed by atoms with Crippen molar-refractivity contribution in [3.63, 3.8) is 0 Å². The normalized spacial score (nSPS) is 10.8. The van der Waals surface area contributed by atoms with E-state index in [1.165, 1.54) is 0 Å². The number of ether oxygens (including phenoxy) is 2. The van der Waals surface area contributed by atoms with E-state index in [-0.39, 0.29) is 17.2 Å². The number of aromatic amines is 1. The fraction of sp³-hybridized carbons (Fsp3) is 0.111. The smallest absolute Gasteiger partial charge is 0.279 e.